The fourth-order valence-electron chi connectivity index (χ4n) is 3.09. The molecule has 16 heavy (non-hydrogen) atoms. The lowest BCUT2D eigenvalue weighted by molar-refractivity contribution is 0.120. The van der Waals surface area contributed by atoms with Crippen LogP contribution in [0.2, 0.25) is 0 Å². The first-order valence-electron chi connectivity index (χ1n) is 6.57. The van der Waals surface area contributed by atoms with E-state index in [0.29, 0.717) is 6.04 Å². The van der Waals surface area contributed by atoms with Crippen molar-refractivity contribution in [2.45, 2.75) is 44.3 Å². The summed E-state index contributed by atoms with van der Waals surface area (Å²) in [5.41, 5.74) is 5.91. The lowest BCUT2D eigenvalue weighted by Crippen LogP contribution is -2.48. The third-order valence-electron chi connectivity index (χ3n) is 4.11. The Morgan fingerprint density at radius 1 is 1.31 bits per heavy atom. The number of hydrogen-bond acceptors (Lipinski definition) is 4. The Bertz CT molecular complexity index is 216. The first-order chi connectivity index (χ1) is 7.72. The van der Waals surface area contributed by atoms with Crippen LogP contribution in [0.5, 0.6) is 0 Å². The summed E-state index contributed by atoms with van der Waals surface area (Å²) in [5, 5.41) is 9.37. The fraction of sp³-hybridized carbons (Fsp3) is 1.00. The molecule has 0 aromatic carbocycles. The van der Waals surface area contributed by atoms with E-state index in [4.69, 9.17) is 5.73 Å². The molecule has 3 unspecified atom stereocenters. The molecule has 3 N–H and O–H groups in total. The van der Waals surface area contributed by atoms with Gasteiger partial charge < -0.3 is 10.8 Å². The molecule has 2 saturated heterocycles. The maximum absolute atomic E-state index is 9.37. The van der Waals surface area contributed by atoms with E-state index in [1.54, 1.807) is 0 Å². The van der Waals surface area contributed by atoms with Crippen molar-refractivity contribution in [2.24, 2.45) is 5.73 Å². The molecule has 2 aliphatic heterocycles. The van der Waals surface area contributed by atoms with E-state index < -0.39 is 0 Å². The van der Waals surface area contributed by atoms with Crippen molar-refractivity contribution < 1.29 is 5.11 Å². The minimum atomic E-state index is 0.0577. The van der Waals surface area contributed by atoms with Gasteiger partial charge in [0, 0.05) is 31.2 Å². The summed E-state index contributed by atoms with van der Waals surface area (Å²) in [7, 11) is 0. The normalized spacial score (nSPS) is 32.1. The maximum atomic E-state index is 9.37. The molecule has 0 aliphatic carbocycles. The minimum Gasteiger partial charge on any atom is -0.395 e. The zero-order valence-corrected chi connectivity index (χ0v) is 10.3. The minimum absolute atomic E-state index is 0.0577. The number of hydrogen-bond donors (Lipinski definition) is 2. The van der Waals surface area contributed by atoms with Gasteiger partial charge in [-0.3, -0.25) is 9.80 Å². The summed E-state index contributed by atoms with van der Waals surface area (Å²) >= 11 is 0. The van der Waals surface area contributed by atoms with Crippen LogP contribution in [0.3, 0.4) is 0 Å². The number of nitrogens with zero attached hydrogens (tertiary/aromatic N) is 2. The lowest BCUT2D eigenvalue weighted by Gasteiger charge is -2.30. The van der Waals surface area contributed by atoms with Crippen LogP contribution in [0.4, 0.5) is 0 Å². The van der Waals surface area contributed by atoms with Crippen LogP contribution in [0.15, 0.2) is 0 Å². The molecule has 2 heterocycles. The molecule has 2 rings (SSSR count). The van der Waals surface area contributed by atoms with Crippen LogP contribution >= 0.6 is 0 Å². The molecule has 0 spiro atoms. The molecule has 0 bridgehead atoms. The van der Waals surface area contributed by atoms with Crippen LogP contribution in [0, 0.1) is 0 Å². The summed E-state index contributed by atoms with van der Waals surface area (Å²) < 4.78 is 0. The van der Waals surface area contributed by atoms with Gasteiger partial charge in [-0.2, -0.15) is 0 Å². The van der Waals surface area contributed by atoms with E-state index in [2.05, 4.69) is 9.80 Å². The molecule has 0 amide bonds. The summed E-state index contributed by atoms with van der Waals surface area (Å²) in [6.07, 6.45) is 3.95. The van der Waals surface area contributed by atoms with Crippen LogP contribution in [-0.4, -0.2) is 65.8 Å². The highest BCUT2D eigenvalue weighted by atomic mass is 16.3. The Labute approximate surface area is 98.4 Å². The standard InChI is InChI=1S/C12H25N3O/c1-10(13)12(9-16)15-7-4-11(8-15)14-5-2-3-6-14/h10-12,16H,2-9,13H2,1H3. The molecular formula is C12H25N3O. The highest BCUT2D eigenvalue weighted by Gasteiger charge is 2.33. The molecule has 2 aliphatic rings. The van der Waals surface area contributed by atoms with Crippen molar-refractivity contribution in [3.63, 3.8) is 0 Å². The fourth-order valence-corrected chi connectivity index (χ4v) is 3.09. The van der Waals surface area contributed by atoms with Gasteiger partial charge in [0.2, 0.25) is 0 Å². The average molecular weight is 227 g/mol. The number of aliphatic hydroxyl groups excluding tert-OH is 1. The number of nitrogens with two attached hydrogens (primary N) is 1. The SMILES string of the molecule is CC(N)C(CO)N1CCC(N2CCCC2)C1. The van der Waals surface area contributed by atoms with E-state index in [9.17, 15) is 5.11 Å². The zero-order chi connectivity index (χ0) is 11.5. The Kier molecular flexibility index (Phi) is 4.19. The van der Waals surface area contributed by atoms with Crippen LogP contribution in [0.1, 0.15) is 26.2 Å². The van der Waals surface area contributed by atoms with E-state index in [0.717, 1.165) is 13.1 Å². The second kappa shape index (κ2) is 5.45. The summed E-state index contributed by atoms with van der Waals surface area (Å²) in [5.74, 6) is 0. The van der Waals surface area contributed by atoms with Crippen LogP contribution in [0.25, 0.3) is 0 Å². The first-order valence-corrected chi connectivity index (χ1v) is 6.57. The van der Waals surface area contributed by atoms with Crippen molar-refractivity contribution >= 4 is 0 Å². The van der Waals surface area contributed by atoms with E-state index in [-0.39, 0.29) is 18.7 Å². The van der Waals surface area contributed by atoms with Crippen molar-refractivity contribution in [1.82, 2.24) is 9.80 Å². The molecule has 4 heteroatoms. The van der Waals surface area contributed by atoms with Crippen LogP contribution in [-0.2, 0) is 0 Å². The van der Waals surface area contributed by atoms with Gasteiger partial charge in [-0.1, -0.05) is 0 Å². The highest BCUT2D eigenvalue weighted by molar-refractivity contribution is 4.90. The molecule has 4 nitrogen and oxygen atoms in total. The average Bonchev–Trinajstić information content (AvgIpc) is 2.86. The number of likely N-dealkylation sites (tertiary alicyclic amines) is 2. The molecule has 3 atom stereocenters. The third kappa shape index (κ3) is 2.56. The molecule has 0 aromatic rings. The first kappa shape index (κ1) is 12.3. The quantitative estimate of drug-likeness (QED) is 0.702. The number of rotatable bonds is 4. The Hall–Kier alpha value is -0.160. The smallest absolute Gasteiger partial charge is 0.0601 e. The van der Waals surface area contributed by atoms with Crippen molar-refractivity contribution in [3.05, 3.63) is 0 Å². The Morgan fingerprint density at radius 2 is 2.00 bits per heavy atom. The monoisotopic (exact) mass is 227 g/mol. The predicted molar refractivity (Wildman–Crippen MR) is 65.3 cm³/mol. The summed E-state index contributed by atoms with van der Waals surface area (Å²) in [6, 6.07) is 0.908. The van der Waals surface area contributed by atoms with Gasteiger partial charge in [0.05, 0.1) is 6.61 Å². The zero-order valence-electron chi connectivity index (χ0n) is 10.3. The summed E-state index contributed by atoms with van der Waals surface area (Å²) in [4.78, 5) is 4.98. The topological polar surface area (TPSA) is 52.7 Å². The molecule has 2 fully saturated rings. The largest absolute Gasteiger partial charge is 0.395 e. The number of aliphatic hydroxyl groups is 1. The van der Waals surface area contributed by atoms with Gasteiger partial charge in [0.15, 0.2) is 0 Å². The molecule has 0 radical (unpaired) electrons. The van der Waals surface area contributed by atoms with Gasteiger partial charge >= 0.3 is 0 Å². The van der Waals surface area contributed by atoms with Crippen molar-refractivity contribution in [1.29, 1.82) is 0 Å². The molecule has 0 aromatic heterocycles. The molecular weight excluding hydrogens is 202 g/mol. The van der Waals surface area contributed by atoms with Crippen LogP contribution < -0.4 is 5.73 Å². The van der Waals surface area contributed by atoms with Gasteiger partial charge in [0.25, 0.3) is 0 Å². The van der Waals surface area contributed by atoms with Gasteiger partial charge in [0.1, 0.15) is 0 Å². The van der Waals surface area contributed by atoms with Gasteiger partial charge in [-0.15, -0.1) is 0 Å². The van der Waals surface area contributed by atoms with E-state index in [1.807, 2.05) is 6.92 Å². The second-order valence-electron chi connectivity index (χ2n) is 5.29. The second-order valence-corrected chi connectivity index (χ2v) is 5.29. The summed E-state index contributed by atoms with van der Waals surface area (Å²) in [6.45, 7) is 6.89. The van der Waals surface area contributed by atoms with E-state index in [1.165, 1.54) is 32.4 Å². The van der Waals surface area contributed by atoms with E-state index >= 15 is 0 Å². The molecule has 94 valence electrons. The van der Waals surface area contributed by atoms with Gasteiger partial charge in [-0.25, -0.2) is 0 Å². The maximum Gasteiger partial charge on any atom is 0.0601 e. The Balaban J connectivity index is 1.86. The predicted octanol–water partition coefficient (Wildman–Crippen LogP) is -0.135. The van der Waals surface area contributed by atoms with Gasteiger partial charge in [-0.05, 0) is 39.3 Å². The lowest BCUT2D eigenvalue weighted by atomic mass is 10.1. The van der Waals surface area contributed by atoms with Crippen molar-refractivity contribution in [2.75, 3.05) is 32.8 Å². The van der Waals surface area contributed by atoms with Crippen molar-refractivity contribution in [3.8, 4) is 0 Å². The third-order valence-corrected chi connectivity index (χ3v) is 4.11. The molecule has 0 saturated carbocycles. The Morgan fingerprint density at radius 3 is 2.56 bits per heavy atom. The highest BCUT2D eigenvalue weighted by Crippen LogP contribution is 2.22.